The maximum atomic E-state index is 11.4. The molecule has 0 aliphatic carbocycles. The summed E-state index contributed by atoms with van der Waals surface area (Å²) in [4.78, 5) is 24.6. The third kappa shape index (κ3) is 5.60. The minimum Gasteiger partial charge on any atom is -0.414 e. The Morgan fingerprint density at radius 1 is 1.19 bits per heavy atom. The Hall–Kier alpha value is -1.18. The van der Waals surface area contributed by atoms with Crippen LogP contribution in [0.3, 0.4) is 0 Å². The van der Waals surface area contributed by atoms with E-state index in [4.69, 9.17) is 9.16 Å². The number of aromatic nitrogens is 2. The van der Waals surface area contributed by atoms with Crippen LogP contribution < -0.4 is 11.2 Å². The SMILES string of the molecule is CC(C)(C)[Si](C)(C)OCCOCCn1ccc(=O)[nH]c1=O. The molecule has 0 aromatic carbocycles. The van der Waals surface area contributed by atoms with E-state index in [-0.39, 0.29) is 10.6 Å². The summed E-state index contributed by atoms with van der Waals surface area (Å²) in [5.41, 5.74) is -0.802. The standard InChI is InChI=1S/C14H26N2O4Si/c1-14(2,3)21(4,5)20-11-10-19-9-8-16-7-6-12(17)15-13(16)18/h6-7H,8-11H2,1-5H3,(H,15,17,18). The molecule has 0 aliphatic heterocycles. The van der Waals surface area contributed by atoms with E-state index in [1.165, 1.54) is 16.8 Å². The number of nitrogens with one attached hydrogen (secondary N) is 1. The van der Waals surface area contributed by atoms with E-state index in [2.05, 4.69) is 38.8 Å². The second-order valence-corrected chi connectivity index (χ2v) is 11.3. The minimum absolute atomic E-state index is 0.191. The Morgan fingerprint density at radius 2 is 1.86 bits per heavy atom. The first-order valence-corrected chi connectivity index (χ1v) is 10.1. The highest BCUT2D eigenvalue weighted by Crippen LogP contribution is 2.36. The van der Waals surface area contributed by atoms with E-state index in [1.54, 1.807) is 0 Å². The minimum atomic E-state index is -1.72. The number of hydrogen-bond acceptors (Lipinski definition) is 4. The Morgan fingerprint density at radius 3 is 2.43 bits per heavy atom. The normalized spacial score (nSPS) is 12.6. The van der Waals surface area contributed by atoms with Crippen molar-refractivity contribution >= 4 is 8.32 Å². The molecule has 1 rings (SSSR count). The third-order valence-corrected chi connectivity index (χ3v) is 8.41. The molecule has 1 aromatic rings. The molecular formula is C14H26N2O4Si. The van der Waals surface area contributed by atoms with Crippen LogP contribution in [0.5, 0.6) is 0 Å². The van der Waals surface area contributed by atoms with Crippen LogP contribution in [0.25, 0.3) is 0 Å². The van der Waals surface area contributed by atoms with Gasteiger partial charge in [-0.25, -0.2) is 4.79 Å². The summed E-state index contributed by atoms with van der Waals surface area (Å²) in [6.45, 7) is 12.9. The Labute approximate surface area is 126 Å². The van der Waals surface area contributed by atoms with Crippen LogP contribution in [-0.4, -0.2) is 37.7 Å². The zero-order valence-corrected chi connectivity index (χ0v) is 14.6. The van der Waals surface area contributed by atoms with E-state index in [0.29, 0.717) is 26.4 Å². The molecule has 0 fully saturated rings. The van der Waals surface area contributed by atoms with Gasteiger partial charge < -0.3 is 9.16 Å². The van der Waals surface area contributed by atoms with Crippen molar-refractivity contribution in [1.29, 1.82) is 0 Å². The molecule has 1 heterocycles. The smallest absolute Gasteiger partial charge is 0.328 e. The van der Waals surface area contributed by atoms with Gasteiger partial charge in [0.2, 0.25) is 0 Å². The monoisotopic (exact) mass is 314 g/mol. The van der Waals surface area contributed by atoms with Gasteiger partial charge in [0, 0.05) is 12.3 Å². The number of nitrogens with zero attached hydrogens (tertiary/aromatic N) is 1. The van der Waals surface area contributed by atoms with Crippen molar-refractivity contribution in [2.24, 2.45) is 0 Å². The molecule has 0 atom stereocenters. The second-order valence-electron chi connectivity index (χ2n) is 6.52. The zero-order valence-electron chi connectivity index (χ0n) is 13.6. The molecule has 0 bridgehead atoms. The van der Waals surface area contributed by atoms with Crippen LogP contribution in [-0.2, 0) is 15.7 Å². The predicted octanol–water partition coefficient (Wildman–Crippen LogP) is 1.57. The van der Waals surface area contributed by atoms with Crippen molar-refractivity contribution in [2.75, 3.05) is 19.8 Å². The molecule has 0 amide bonds. The lowest BCUT2D eigenvalue weighted by Gasteiger charge is -2.36. The molecule has 1 N–H and O–H groups in total. The summed E-state index contributed by atoms with van der Waals surface area (Å²) in [5.74, 6) is 0. The fourth-order valence-corrected chi connectivity index (χ4v) is 2.48. The van der Waals surface area contributed by atoms with Gasteiger partial charge in [-0.05, 0) is 18.1 Å². The average Bonchev–Trinajstić information content (AvgIpc) is 2.34. The van der Waals surface area contributed by atoms with Crippen LogP contribution in [0.15, 0.2) is 21.9 Å². The summed E-state index contributed by atoms with van der Waals surface area (Å²) in [6, 6.07) is 1.32. The first kappa shape index (κ1) is 17.9. The molecule has 0 radical (unpaired) electrons. The summed E-state index contributed by atoms with van der Waals surface area (Å²) in [7, 11) is -1.72. The number of aromatic amines is 1. The molecule has 0 spiro atoms. The van der Waals surface area contributed by atoms with Gasteiger partial charge in [0.1, 0.15) is 0 Å². The van der Waals surface area contributed by atoms with Crippen molar-refractivity contribution < 1.29 is 9.16 Å². The van der Waals surface area contributed by atoms with E-state index in [0.717, 1.165) is 0 Å². The van der Waals surface area contributed by atoms with Gasteiger partial charge in [0.05, 0.1) is 26.4 Å². The van der Waals surface area contributed by atoms with Crippen LogP contribution in [0.4, 0.5) is 0 Å². The summed E-state index contributed by atoms with van der Waals surface area (Å²) < 4.78 is 12.9. The van der Waals surface area contributed by atoms with E-state index < -0.39 is 14.0 Å². The van der Waals surface area contributed by atoms with E-state index in [9.17, 15) is 9.59 Å². The van der Waals surface area contributed by atoms with Crippen LogP contribution in [0, 0.1) is 0 Å². The Bertz CT molecular complexity index is 557. The zero-order chi connectivity index (χ0) is 16.1. The average molecular weight is 314 g/mol. The van der Waals surface area contributed by atoms with Crippen LogP contribution in [0.1, 0.15) is 20.8 Å². The predicted molar refractivity (Wildman–Crippen MR) is 85.3 cm³/mol. The molecular weight excluding hydrogens is 288 g/mol. The van der Waals surface area contributed by atoms with Crippen molar-refractivity contribution in [3.8, 4) is 0 Å². The Balaban J connectivity index is 2.27. The quantitative estimate of drug-likeness (QED) is 0.612. The van der Waals surface area contributed by atoms with Crippen molar-refractivity contribution in [1.82, 2.24) is 9.55 Å². The van der Waals surface area contributed by atoms with Gasteiger partial charge in [-0.2, -0.15) is 0 Å². The Kier molecular flexibility index (Phi) is 6.12. The van der Waals surface area contributed by atoms with Crippen molar-refractivity contribution in [3.05, 3.63) is 33.1 Å². The summed E-state index contributed by atoms with van der Waals surface area (Å²) >= 11 is 0. The highest BCUT2D eigenvalue weighted by atomic mass is 28.4. The lowest BCUT2D eigenvalue weighted by molar-refractivity contribution is 0.0893. The van der Waals surface area contributed by atoms with Crippen molar-refractivity contribution in [3.63, 3.8) is 0 Å². The number of ether oxygens (including phenoxy) is 1. The maximum Gasteiger partial charge on any atom is 0.328 e. The van der Waals surface area contributed by atoms with E-state index >= 15 is 0 Å². The molecule has 120 valence electrons. The fourth-order valence-electron chi connectivity index (χ4n) is 1.46. The number of hydrogen-bond donors (Lipinski definition) is 1. The topological polar surface area (TPSA) is 73.3 Å². The fraction of sp³-hybridized carbons (Fsp3) is 0.714. The van der Waals surface area contributed by atoms with Gasteiger partial charge >= 0.3 is 5.69 Å². The molecule has 7 heteroatoms. The van der Waals surface area contributed by atoms with E-state index in [1.807, 2.05) is 0 Å². The van der Waals surface area contributed by atoms with Gasteiger partial charge in [0.15, 0.2) is 8.32 Å². The highest BCUT2D eigenvalue weighted by molar-refractivity contribution is 6.74. The van der Waals surface area contributed by atoms with Crippen molar-refractivity contribution in [2.45, 2.75) is 45.4 Å². The lowest BCUT2D eigenvalue weighted by atomic mass is 10.2. The first-order valence-electron chi connectivity index (χ1n) is 7.15. The van der Waals surface area contributed by atoms with Crippen LogP contribution in [0.2, 0.25) is 18.1 Å². The summed E-state index contributed by atoms with van der Waals surface area (Å²) in [5, 5.41) is 0.191. The van der Waals surface area contributed by atoms with Gasteiger partial charge in [-0.3, -0.25) is 14.3 Å². The molecule has 0 saturated carbocycles. The van der Waals surface area contributed by atoms with Crippen LogP contribution >= 0.6 is 0 Å². The third-order valence-electron chi connectivity index (χ3n) is 3.87. The molecule has 1 aromatic heterocycles. The largest absolute Gasteiger partial charge is 0.414 e. The maximum absolute atomic E-state index is 11.4. The van der Waals surface area contributed by atoms with Gasteiger partial charge in [0.25, 0.3) is 5.56 Å². The summed E-state index contributed by atoms with van der Waals surface area (Å²) in [6.07, 6.45) is 1.47. The molecule has 0 saturated heterocycles. The lowest BCUT2D eigenvalue weighted by Crippen LogP contribution is -2.41. The first-order chi connectivity index (χ1) is 9.63. The number of H-pyrrole nitrogens is 1. The molecule has 0 unspecified atom stereocenters. The highest BCUT2D eigenvalue weighted by Gasteiger charge is 2.36. The van der Waals surface area contributed by atoms with Gasteiger partial charge in [-0.15, -0.1) is 0 Å². The molecule has 0 aliphatic rings. The molecule has 21 heavy (non-hydrogen) atoms. The molecule has 6 nitrogen and oxygen atoms in total. The van der Waals surface area contributed by atoms with Gasteiger partial charge in [-0.1, -0.05) is 20.8 Å². The number of rotatable bonds is 7. The second kappa shape index (κ2) is 7.19.